The van der Waals surface area contributed by atoms with Gasteiger partial charge in [-0.25, -0.2) is 0 Å². The molecule has 1 unspecified atom stereocenters. The van der Waals surface area contributed by atoms with Gasteiger partial charge >= 0.3 is 17.9 Å². The first-order valence-electron chi connectivity index (χ1n) is 34.2. The molecular weight excluding hydrogens is 1010 g/mol. The first kappa shape index (κ1) is 77.5. The molecule has 0 N–H and O–H groups in total. The molecule has 82 heavy (non-hydrogen) atoms. The van der Waals surface area contributed by atoms with E-state index in [1.807, 2.05) is 6.08 Å². The largest absolute Gasteiger partial charge is 0.462 e. The molecule has 0 aliphatic heterocycles. The maximum absolute atomic E-state index is 12.9. The van der Waals surface area contributed by atoms with E-state index >= 15 is 0 Å². The number of carbonyl (C=O) groups excluding carboxylic acids is 3. The molecule has 0 amide bonds. The fraction of sp³-hybridized carbons (Fsp3) is 0.671. The van der Waals surface area contributed by atoms with Gasteiger partial charge < -0.3 is 14.2 Å². The molecule has 0 rings (SSSR count). The van der Waals surface area contributed by atoms with Crippen molar-refractivity contribution in [1.29, 1.82) is 0 Å². The first-order chi connectivity index (χ1) is 40.5. The number of hydrogen-bond donors (Lipinski definition) is 0. The SMILES string of the molecule is CC/C=C\C/C=C\C/C=C\C/C=C\C/C=C\C/C=C\CCCCCCCCCCCCCCCCCCC(=O)OCC(COC(=O)CC/C=C\C/C=C\C/C=C\C/C=C\CC)OC(=O)CCCCCCC/C=C\CCCCCCCCC. The molecule has 0 aliphatic rings. The minimum absolute atomic E-state index is 0.104. The van der Waals surface area contributed by atoms with Crippen molar-refractivity contribution in [1.82, 2.24) is 0 Å². The predicted molar refractivity (Wildman–Crippen MR) is 357 cm³/mol. The average molecular weight is 1140 g/mol. The van der Waals surface area contributed by atoms with Gasteiger partial charge in [-0.05, 0) is 122 Å². The third-order valence-corrected chi connectivity index (χ3v) is 14.4. The second-order valence-corrected chi connectivity index (χ2v) is 22.3. The molecule has 0 aliphatic carbocycles. The van der Waals surface area contributed by atoms with E-state index in [0.29, 0.717) is 19.3 Å². The number of ether oxygens (including phenoxy) is 3. The Morgan fingerprint density at radius 2 is 0.500 bits per heavy atom. The van der Waals surface area contributed by atoms with Crippen molar-refractivity contribution in [3.63, 3.8) is 0 Å². The van der Waals surface area contributed by atoms with Crippen molar-refractivity contribution in [3.8, 4) is 0 Å². The molecule has 1 atom stereocenters. The number of allylic oxidation sites excluding steroid dienone is 22. The molecule has 0 aromatic rings. The first-order valence-corrected chi connectivity index (χ1v) is 34.2. The van der Waals surface area contributed by atoms with Gasteiger partial charge in [0.25, 0.3) is 0 Å². The number of esters is 3. The monoisotopic (exact) mass is 1130 g/mol. The lowest BCUT2D eigenvalue weighted by atomic mass is 10.0. The van der Waals surface area contributed by atoms with E-state index in [1.165, 1.54) is 148 Å². The summed E-state index contributed by atoms with van der Waals surface area (Å²) < 4.78 is 16.8. The molecular formula is C76H126O6. The van der Waals surface area contributed by atoms with Crippen LogP contribution < -0.4 is 0 Å². The zero-order valence-corrected chi connectivity index (χ0v) is 53.5. The van der Waals surface area contributed by atoms with Gasteiger partial charge in [-0.15, -0.1) is 0 Å². The molecule has 0 aromatic carbocycles. The summed E-state index contributed by atoms with van der Waals surface area (Å²) in [5.74, 6) is -0.991. The Hall–Kier alpha value is -4.45. The topological polar surface area (TPSA) is 78.9 Å². The van der Waals surface area contributed by atoms with Crippen LogP contribution in [0.3, 0.4) is 0 Å². The van der Waals surface area contributed by atoms with Gasteiger partial charge in [-0.1, -0.05) is 302 Å². The summed E-state index contributed by atoms with van der Waals surface area (Å²) in [7, 11) is 0. The normalized spacial score (nSPS) is 13.0. The van der Waals surface area contributed by atoms with Gasteiger partial charge in [0.15, 0.2) is 6.10 Å². The highest BCUT2D eigenvalue weighted by Crippen LogP contribution is 2.16. The quantitative estimate of drug-likeness (QED) is 0.0261. The van der Waals surface area contributed by atoms with E-state index in [-0.39, 0.29) is 37.5 Å². The van der Waals surface area contributed by atoms with Crippen LogP contribution in [0, 0.1) is 0 Å². The average Bonchev–Trinajstić information content (AvgIpc) is 3.47. The van der Waals surface area contributed by atoms with Crippen LogP contribution in [0.5, 0.6) is 0 Å². The molecule has 0 heterocycles. The van der Waals surface area contributed by atoms with E-state index in [0.717, 1.165) is 116 Å². The van der Waals surface area contributed by atoms with Crippen molar-refractivity contribution < 1.29 is 28.6 Å². The van der Waals surface area contributed by atoms with Crippen molar-refractivity contribution in [2.75, 3.05) is 13.2 Å². The van der Waals surface area contributed by atoms with Crippen molar-refractivity contribution in [2.45, 2.75) is 316 Å². The Morgan fingerprint density at radius 3 is 0.829 bits per heavy atom. The molecule has 0 bridgehead atoms. The van der Waals surface area contributed by atoms with Gasteiger partial charge in [0.05, 0.1) is 0 Å². The predicted octanol–water partition coefficient (Wildman–Crippen LogP) is 23.7. The summed E-state index contributed by atoms with van der Waals surface area (Å²) in [5, 5.41) is 0. The fourth-order valence-corrected chi connectivity index (χ4v) is 9.34. The summed E-state index contributed by atoms with van der Waals surface area (Å²) in [6, 6.07) is 0. The highest BCUT2D eigenvalue weighted by Gasteiger charge is 2.19. The molecule has 0 radical (unpaired) electrons. The Morgan fingerprint density at radius 1 is 0.256 bits per heavy atom. The lowest BCUT2D eigenvalue weighted by Gasteiger charge is -2.18. The van der Waals surface area contributed by atoms with Crippen LogP contribution in [0.25, 0.3) is 0 Å². The maximum Gasteiger partial charge on any atom is 0.306 e. The smallest absolute Gasteiger partial charge is 0.306 e. The highest BCUT2D eigenvalue weighted by molar-refractivity contribution is 5.71. The highest BCUT2D eigenvalue weighted by atomic mass is 16.6. The van der Waals surface area contributed by atoms with Gasteiger partial charge in [-0.2, -0.15) is 0 Å². The Balaban J connectivity index is 4.20. The number of rotatable bonds is 61. The van der Waals surface area contributed by atoms with Gasteiger partial charge in [-0.3, -0.25) is 14.4 Å². The minimum atomic E-state index is -0.814. The summed E-state index contributed by atoms with van der Waals surface area (Å²) in [4.78, 5) is 38.3. The van der Waals surface area contributed by atoms with Crippen LogP contribution in [-0.2, 0) is 28.6 Å². The van der Waals surface area contributed by atoms with E-state index in [9.17, 15) is 14.4 Å². The Bertz CT molecular complexity index is 1730. The third kappa shape index (κ3) is 66.4. The summed E-state index contributed by atoms with van der Waals surface area (Å²) in [6.07, 6.45) is 97.9. The van der Waals surface area contributed by atoms with E-state index in [4.69, 9.17) is 14.2 Å². The summed E-state index contributed by atoms with van der Waals surface area (Å²) >= 11 is 0. The number of unbranched alkanes of at least 4 members (excludes halogenated alkanes) is 28. The molecule has 0 saturated carbocycles. The lowest BCUT2D eigenvalue weighted by molar-refractivity contribution is -0.166. The Labute approximate surface area is 506 Å². The van der Waals surface area contributed by atoms with Crippen molar-refractivity contribution in [3.05, 3.63) is 134 Å². The summed E-state index contributed by atoms with van der Waals surface area (Å²) in [5.41, 5.74) is 0. The van der Waals surface area contributed by atoms with Gasteiger partial charge in [0.1, 0.15) is 13.2 Å². The molecule has 466 valence electrons. The van der Waals surface area contributed by atoms with Crippen LogP contribution in [0.4, 0.5) is 0 Å². The second kappa shape index (κ2) is 69.0. The fourth-order valence-electron chi connectivity index (χ4n) is 9.34. The molecule has 0 fully saturated rings. The molecule has 0 aromatic heterocycles. The Kier molecular flexibility index (Phi) is 65.3. The number of hydrogen-bond acceptors (Lipinski definition) is 6. The second-order valence-electron chi connectivity index (χ2n) is 22.3. The van der Waals surface area contributed by atoms with E-state index in [1.54, 1.807) is 0 Å². The lowest BCUT2D eigenvalue weighted by Crippen LogP contribution is -2.30. The van der Waals surface area contributed by atoms with E-state index < -0.39 is 6.10 Å². The van der Waals surface area contributed by atoms with Crippen LogP contribution in [0.1, 0.15) is 310 Å². The molecule has 6 heteroatoms. The molecule has 0 spiro atoms. The van der Waals surface area contributed by atoms with Gasteiger partial charge in [0.2, 0.25) is 0 Å². The van der Waals surface area contributed by atoms with Crippen LogP contribution in [0.2, 0.25) is 0 Å². The maximum atomic E-state index is 12.9. The molecule has 6 nitrogen and oxygen atoms in total. The zero-order valence-electron chi connectivity index (χ0n) is 53.5. The standard InChI is InChI=1S/C76H126O6/c1-4-7-10-13-16-19-22-25-27-29-30-31-32-33-34-35-36-37-38-39-40-41-42-43-44-45-46-47-49-51-54-57-60-63-66-69-75(78)81-72-73(71-80-74(77)68-65-62-59-56-53-50-24-21-18-15-12-9-6-3)82-76(79)70-67-64-61-58-55-52-48-28-26-23-20-17-14-11-8-5-2/h7,9-10,12,16,18-19,21,25,27-28,30-31,33-34,36-37,48,50,53,59,62,73H,4-6,8,11,13-15,17,20,22-24,26,29,32,35,38-47,49,51-52,54-58,60-61,63-72H2,1-3H3/b10-7-,12-9-,19-16-,21-18-,27-25-,31-30-,34-33-,37-36-,48-28-,53-50-,62-59-. The minimum Gasteiger partial charge on any atom is -0.462 e. The third-order valence-electron chi connectivity index (χ3n) is 14.4. The summed E-state index contributed by atoms with van der Waals surface area (Å²) in [6.45, 7) is 6.35. The van der Waals surface area contributed by atoms with E-state index in [2.05, 4.69) is 148 Å². The zero-order chi connectivity index (χ0) is 59.2. The van der Waals surface area contributed by atoms with Crippen molar-refractivity contribution >= 4 is 17.9 Å². The van der Waals surface area contributed by atoms with Crippen LogP contribution in [-0.4, -0.2) is 37.2 Å². The van der Waals surface area contributed by atoms with Crippen LogP contribution >= 0.6 is 0 Å². The van der Waals surface area contributed by atoms with Gasteiger partial charge in [0, 0.05) is 19.3 Å². The number of carbonyl (C=O) groups is 3. The van der Waals surface area contributed by atoms with Crippen LogP contribution in [0.15, 0.2) is 134 Å². The molecule has 0 saturated heterocycles. The van der Waals surface area contributed by atoms with Crippen molar-refractivity contribution in [2.24, 2.45) is 0 Å².